The molecule has 1 heterocycles. The van der Waals surface area contributed by atoms with Gasteiger partial charge in [0, 0.05) is 11.8 Å². The minimum atomic E-state index is 0.589. The average molecular weight is 250 g/mol. The Morgan fingerprint density at radius 2 is 1.68 bits per heavy atom. The molecule has 3 nitrogen and oxygen atoms in total. The fraction of sp³-hybridized carbons (Fsp3) is 0.0625. The molecule has 0 aliphatic rings. The first kappa shape index (κ1) is 11.5. The van der Waals surface area contributed by atoms with Gasteiger partial charge in [0.1, 0.15) is 12.4 Å². The van der Waals surface area contributed by atoms with Gasteiger partial charge in [-0.2, -0.15) is 5.10 Å². The fourth-order valence-corrected chi connectivity index (χ4v) is 1.89. The van der Waals surface area contributed by atoms with Crippen LogP contribution >= 0.6 is 0 Å². The van der Waals surface area contributed by atoms with Crippen LogP contribution in [0, 0.1) is 0 Å². The van der Waals surface area contributed by atoms with Gasteiger partial charge in [0.15, 0.2) is 0 Å². The molecule has 3 rings (SSSR count). The molecule has 94 valence electrons. The van der Waals surface area contributed by atoms with Crippen molar-refractivity contribution < 1.29 is 4.74 Å². The molecule has 1 aromatic heterocycles. The molecule has 3 aromatic rings. The lowest BCUT2D eigenvalue weighted by Gasteiger charge is -2.06. The minimum Gasteiger partial charge on any atom is -0.489 e. The van der Waals surface area contributed by atoms with Crippen molar-refractivity contribution in [3.63, 3.8) is 0 Å². The predicted molar refractivity (Wildman–Crippen MR) is 74.8 cm³/mol. The summed E-state index contributed by atoms with van der Waals surface area (Å²) in [7, 11) is 0. The molecule has 0 bridgehead atoms. The van der Waals surface area contributed by atoms with Crippen LogP contribution < -0.4 is 4.74 Å². The van der Waals surface area contributed by atoms with Gasteiger partial charge in [0.25, 0.3) is 0 Å². The summed E-state index contributed by atoms with van der Waals surface area (Å²) in [5.41, 5.74) is 3.37. The number of nitrogens with one attached hydrogen (secondary N) is 1. The van der Waals surface area contributed by atoms with Crippen molar-refractivity contribution in [3.8, 4) is 16.9 Å². The number of aromatic amines is 1. The molecule has 0 saturated heterocycles. The SMILES string of the molecule is c1ccc(COc2ccc(-c3cn[nH]c3)cc2)cc1. The molecule has 0 amide bonds. The predicted octanol–water partition coefficient (Wildman–Crippen LogP) is 3.66. The maximum atomic E-state index is 5.74. The number of aromatic nitrogens is 2. The van der Waals surface area contributed by atoms with E-state index in [0.29, 0.717) is 6.61 Å². The molecule has 0 spiro atoms. The van der Waals surface area contributed by atoms with E-state index in [1.54, 1.807) is 6.20 Å². The van der Waals surface area contributed by atoms with Crippen LogP contribution in [0.3, 0.4) is 0 Å². The Hall–Kier alpha value is -2.55. The Bertz CT molecular complexity index is 616. The van der Waals surface area contributed by atoms with Gasteiger partial charge in [0.2, 0.25) is 0 Å². The Labute approximate surface area is 111 Å². The zero-order valence-electron chi connectivity index (χ0n) is 10.4. The molecular weight excluding hydrogens is 236 g/mol. The monoisotopic (exact) mass is 250 g/mol. The van der Waals surface area contributed by atoms with Crippen LogP contribution in [0.5, 0.6) is 5.75 Å². The molecule has 0 saturated carbocycles. The van der Waals surface area contributed by atoms with E-state index >= 15 is 0 Å². The molecule has 0 aliphatic heterocycles. The van der Waals surface area contributed by atoms with Crippen molar-refractivity contribution >= 4 is 0 Å². The second-order valence-electron chi connectivity index (χ2n) is 4.29. The summed E-state index contributed by atoms with van der Waals surface area (Å²) in [6, 6.07) is 18.2. The first-order valence-electron chi connectivity index (χ1n) is 6.18. The Kier molecular flexibility index (Phi) is 3.28. The van der Waals surface area contributed by atoms with Gasteiger partial charge in [-0.05, 0) is 23.3 Å². The maximum Gasteiger partial charge on any atom is 0.119 e. The highest BCUT2D eigenvalue weighted by atomic mass is 16.5. The van der Waals surface area contributed by atoms with E-state index < -0.39 is 0 Å². The lowest BCUT2D eigenvalue weighted by atomic mass is 10.1. The molecule has 0 radical (unpaired) electrons. The maximum absolute atomic E-state index is 5.74. The van der Waals surface area contributed by atoms with Crippen molar-refractivity contribution in [2.75, 3.05) is 0 Å². The van der Waals surface area contributed by atoms with Crippen LogP contribution in [0.2, 0.25) is 0 Å². The number of ether oxygens (including phenoxy) is 1. The first-order valence-corrected chi connectivity index (χ1v) is 6.18. The molecule has 0 fully saturated rings. The zero-order chi connectivity index (χ0) is 12.9. The summed E-state index contributed by atoms with van der Waals surface area (Å²) in [6.07, 6.45) is 3.68. The Morgan fingerprint density at radius 3 is 2.37 bits per heavy atom. The lowest BCUT2D eigenvalue weighted by molar-refractivity contribution is 0.306. The standard InChI is InChI=1S/C16H14N2O/c1-2-4-13(5-3-1)12-19-16-8-6-14(7-9-16)15-10-17-18-11-15/h1-11H,12H2,(H,17,18). The van der Waals surface area contributed by atoms with E-state index in [4.69, 9.17) is 4.74 Å². The molecule has 3 heteroatoms. The van der Waals surface area contributed by atoms with E-state index in [2.05, 4.69) is 22.3 Å². The average Bonchev–Trinajstić information content (AvgIpc) is 3.01. The van der Waals surface area contributed by atoms with Gasteiger partial charge in [-0.3, -0.25) is 5.10 Å². The van der Waals surface area contributed by atoms with Crippen LogP contribution in [-0.2, 0) is 6.61 Å². The Balaban J connectivity index is 1.67. The van der Waals surface area contributed by atoms with Gasteiger partial charge in [0.05, 0.1) is 6.20 Å². The van der Waals surface area contributed by atoms with Crippen LogP contribution in [0.4, 0.5) is 0 Å². The van der Waals surface area contributed by atoms with Gasteiger partial charge < -0.3 is 4.74 Å². The molecule has 2 aromatic carbocycles. The molecule has 0 atom stereocenters. The normalized spacial score (nSPS) is 10.3. The number of benzene rings is 2. The fourth-order valence-electron chi connectivity index (χ4n) is 1.89. The van der Waals surface area contributed by atoms with Crippen LogP contribution in [0.25, 0.3) is 11.1 Å². The third-order valence-corrected chi connectivity index (χ3v) is 2.93. The topological polar surface area (TPSA) is 37.9 Å². The molecule has 1 N–H and O–H groups in total. The Morgan fingerprint density at radius 1 is 0.895 bits per heavy atom. The highest BCUT2D eigenvalue weighted by molar-refractivity contribution is 5.62. The van der Waals surface area contributed by atoms with Crippen molar-refractivity contribution in [2.45, 2.75) is 6.61 Å². The lowest BCUT2D eigenvalue weighted by Crippen LogP contribution is -1.94. The number of rotatable bonds is 4. The quantitative estimate of drug-likeness (QED) is 0.767. The van der Waals surface area contributed by atoms with E-state index in [1.165, 1.54) is 5.56 Å². The van der Waals surface area contributed by atoms with Gasteiger partial charge in [-0.1, -0.05) is 42.5 Å². The summed E-state index contributed by atoms with van der Waals surface area (Å²) in [6.45, 7) is 0.589. The summed E-state index contributed by atoms with van der Waals surface area (Å²) in [5.74, 6) is 0.871. The number of hydrogen-bond donors (Lipinski definition) is 1. The molecule has 0 aliphatic carbocycles. The molecular formula is C16H14N2O. The first-order chi connectivity index (χ1) is 9.42. The summed E-state index contributed by atoms with van der Waals surface area (Å²) in [5, 5.41) is 6.75. The highest BCUT2D eigenvalue weighted by Crippen LogP contribution is 2.21. The highest BCUT2D eigenvalue weighted by Gasteiger charge is 2.00. The van der Waals surface area contributed by atoms with E-state index in [-0.39, 0.29) is 0 Å². The van der Waals surface area contributed by atoms with Gasteiger partial charge >= 0.3 is 0 Å². The zero-order valence-corrected chi connectivity index (χ0v) is 10.4. The smallest absolute Gasteiger partial charge is 0.119 e. The second kappa shape index (κ2) is 5.40. The molecule has 19 heavy (non-hydrogen) atoms. The van der Waals surface area contributed by atoms with Crippen molar-refractivity contribution in [1.82, 2.24) is 10.2 Å². The van der Waals surface area contributed by atoms with Gasteiger partial charge in [-0.25, -0.2) is 0 Å². The second-order valence-corrected chi connectivity index (χ2v) is 4.29. The van der Waals surface area contributed by atoms with Crippen LogP contribution in [0.1, 0.15) is 5.56 Å². The third-order valence-electron chi connectivity index (χ3n) is 2.93. The van der Waals surface area contributed by atoms with Crippen molar-refractivity contribution in [1.29, 1.82) is 0 Å². The van der Waals surface area contributed by atoms with E-state index in [9.17, 15) is 0 Å². The minimum absolute atomic E-state index is 0.589. The van der Waals surface area contributed by atoms with Crippen molar-refractivity contribution in [3.05, 3.63) is 72.6 Å². The molecule has 0 unspecified atom stereocenters. The number of nitrogens with zero attached hydrogens (tertiary/aromatic N) is 1. The summed E-state index contributed by atoms with van der Waals surface area (Å²) in [4.78, 5) is 0. The third kappa shape index (κ3) is 2.83. The van der Waals surface area contributed by atoms with E-state index in [1.807, 2.05) is 48.7 Å². The number of hydrogen-bond acceptors (Lipinski definition) is 2. The van der Waals surface area contributed by atoms with Crippen molar-refractivity contribution in [2.24, 2.45) is 0 Å². The van der Waals surface area contributed by atoms with Gasteiger partial charge in [-0.15, -0.1) is 0 Å². The largest absolute Gasteiger partial charge is 0.489 e. The summed E-state index contributed by atoms with van der Waals surface area (Å²) >= 11 is 0. The van der Waals surface area contributed by atoms with E-state index in [0.717, 1.165) is 16.9 Å². The summed E-state index contributed by atoms with van der Waals surface area (Å²) < 4.78 is 5.74. The van der Waals surface area contributed by atoms with Crippen LogP contribution in [-0.4, -0.2) is 10.2 Å². The number of H-pyrrole nitrogens is 1. The van der Waals surface area contributed by atoms with Crippen LogP contribution in [0.15, 0.2) is 67.0 Å².